The van der Waals surface area contributed by atoms with Crippen LogP contribution in [0, 0.1) is 0 Å². The number of benzene rings is 2. The van der Waals surface area contributed by atoms with Gasteiger partial charge in [0.15, 0.2) is 6.61 Å². The number of carbonyl (C=O) groups is 4. The Bertz CT molecular complexity index is 1080. The van der Waals surface area contributed by atoms with Gasteiger partial charge < -0.3 is 24.4 Å². The van der Waals surface area contributed by atoms with Crippen LogP contribution in [0.1, 0.15) is 24.2 Å². The van der Waals surface area contributed by atoms with E-state index in [1.807, 2.05) is 19.9 Å². The summed E-state index contributed by atoms with van der Waals surface area (Å²) >= 11 is 1.40. The van der Waals surface area contributed by atoms with E-state index < -0.39 is 46.8 Å². The van der Waals surface area contributed by atoms with Gasteiger partial charge in [0.2, 0.25) is 12.7 Å². The number of hydrogen-bond acceptors (Lipinski definition) is 8. The summed E-state index contributed by atoms with van der Waals surface area (Å²) in [5.74, 6) is -1.55. The molecule has 2 amide bonds. The van der Waals surface area contributed by atoms with Crippen molar-refractivity contribution in [3.05, 3.63) is 66.2 Å². The Hall–Kier alpha value is -3.53. The number of ether oxygens (including phenoxy) is 3. The van der Waals surface area contributed by atoms with Gasteiger partial charge in [-0.25, -0.2) is 9.59 Å². The number of esters is 2. The van der Waals surface area contributed by atoms with E-state index in [1.54, 1.807) is 54.6 Å². The molecule has 2 aliphatic heterocycles. The summed E-state index contributed by atoms with van der Waals surface area (Å²) < 4.78 is 14.9. The topological polar surface area (TPSA) is 111 Å². The maximum atomic E-state index is 12.8. The molecule has 2 aromatic carbocycles. The van der Waals surface area contributed by atoms with Crippen molar-refractivity contribution in [1.82, 2.24) is 10.2 Å². The predicted octanol–water partition coefficient (Wildman–Crippen LogP) is 1.97. The second kappa shape index (κ2) is 9.76. The Kier molecular flexibility index (Phi) is 6.78. The molecule has 2 aliphatic rings. The molecule has 3 atom stereocenters. The average Bonchev–Trinajstić information content (AvgIpc) is 3.10. The molecule has 9 nitrogen and oxygen atoms in total. The lowest BCUT2D eigenvalue weighted by molar-refractivity contribution is -0.169. The number of para-hydroxylation sites is 1. The highest BCUT2D eigenvalue weighted by atomic mass is 32.2. The highest BCUT2D eigenvalue weighted by molar-refractivity contribution is 8.01. The Morgan fingerprint density at radius 2 is 1.65 bits per heavy atom. The third-order valence-corrected chi connectivity index (χ3v) is 7.07. The Morgan fingerprint density at radius 3 is 2.32 bits per heavy atom. The largest absolute Gasteiger partial charge is 0.484 e. The molecule has 2 fully saturated rings. The van der Waals surface area contributed by atoms with Crippen molar-refractivity contribution in [3.63, 3.8) is 0 Å². The molecule has 2 aromatic rings. The van der Waals surface area contributed by atoms with Crippen LogP contribution in [-0.2, 0) is 23.9 Å². The van der Waals surface area contributed by atoms with Gasteiger partial charge in [-0.3, -0.25) is 9.59 Å². The first-order valence-electron chi connectivity index (χ1n) is 10.6. The number of β-lactam (4-membered cyclic amide) rings is 1. The molecular weight excluding hydrogens is 460 g/mol. The first-order valence-corrected chi connectivity index (χ1v) is 11.5. The number of fused-ring (bicyclic) bond motifs is 1. The van der Waals surface area contributed by atoms with E-state index in [-0.39, 0.29) is 12.5 Å². The van der Waals surface area contributed by atoms with Crippen LogP contribution in [0.15, 0.2) is 60.7 Å². The lowest BCUT2D eigenvalue weighted by atomic mass is 9.96. The van der Waals surface area contributed by atoms with Crippen LogP contribution < -0.4 is 10.1 Å². The lowest BCUT2D eigenvalue weighted by Gasteiger charge is -2.43. The molecule has 0 bridgehead atoms. The molecule has 0 aliphatic carbocycles. The van der Waals surface area contributed by atoms with Gasteiger partial charge >= 0.3 is 11.9 Å². The average molecular weight is 485 g/mol. The molecule has 2 heterocycles. The first-order chi connectivity index (χ1) is 16.3. The minimum absolute atomic E-state index is 0.229. The van der Waals surface area contributed by atoms with E-state index in [2.05, 4.69) is 5.32 Å². The van der Waals surface area contributed by atoms with Gasteiger partial charge in [-0.1, -0.05) is 36.4 Å². The van der Waals surface area contributed by atoms with E-state index in [9.17, 15) is 19.2 Å². The smallest absolute Gasteiger partial charge is 0.340 e. The summed E-state index contributed by atoms with van der Waals surface area (Å²) in [5, 5.41) is 2.27. The molecule has 10 heteroatoms. The van der Waals surface area contributed by atoms with E-state index in [4.69, 9.17) is 14.2 Å². The van der Waals surface area contributed by atoms with Crippen molar-refractivity contribution in [3.8, 4) is 5.75 Å². The number of rotatable bonds is 8. The second-order valence-corrected chi connectivity index (χ2v) is 10.1. The molecule has 1 unspecified atom stereocenters. The van der Waals surface area contributed by atoms with Gasteiger partial charge in [0.25, 0.3) is 5.91 Å². The van der Waals surface area contributed by atoms with Crippen LogP contribution in [0.5, 0.6) is 5.75 Å². The monoisotopic (exact) mass is 484 g/mol. The van der Waals surface area contributed by atoms with Crippen LogP contribution in [0.2, 0.25) is 0 Å². The van der Waals surface area contributed by atoms with Crippen molar-refractivity contribution in [1.29, 1.82) is 0 Å². The highest BCUT2D eigenvalue weighted by Crippen LogP contribution is 2.51. The SMILES string of the molecule is CC1(C)S[C@@H]2[C@H](NC(=O)COc3ccccc3)C(=O)N2C1C(=O)OCOC(=O)c1ccccc1. The van der Waals surface area contributed by atoms with Gasteiger partial charge in [0.1, 0.15) is 23.2 Å². The van der Waals surface area contributed by atoms with Gasteiger partial charge in [0, 0.05) is 4.75 Å². The minimum atomic E-state index is -0.876. The van der Waals surface area contributed by atoms with Gasteiger partial charge in [-0.15, -0.1) is 11.8 Å². The molecule has 0 aromatic heterocycles. The third kappa shape index (κ3) is 4.86. The lowest BCUT2D eigenvalue weighted by Crippen LogP contribution is -2.71. The summed E-state index contributed by atoms with van der Waals surface area (Å²) in [4.78, 5) is 51.3. The molecule has 0 radical (unpaired) electrons. The minimum Gasteiger partial charge on any atom is -0.484 e. The summed E-state index contributed by atoms with van der Waals surface area (Å²) in [7, 11) is 0. The fraction of sp³-hybridized carbons (Fsp3) is 0.333. The molecular formula is C24H24N2O7S. The second-order valence-electron chi connectivity index (χ2n) is 8.29. The quantitative estimate of drug-likeness (QED) is 0.344. The zero-order valence-electron chi connectivity index (χ0n) is 18.6. The van der Waals surface area contributed by atoms with Crippen LogP contribution in [0.4, 0.5) is 0 Å². The molecule has 178 valence electrons. The summed E-state index contributed by atoms with van der Waals surface area (Å²) in [5.41, 5.74) is 0.336. The van der Waals surface area contributed by atoms with Crippen molar-refractivity contribution in [2.24, 2.45) is 0 Å². The van der Waals surface area contributed by atoms with E-state index in [1.165, 1.54) is 16.7 Å². The first kappa shape index (κ1) is 23.6. The fourth-order valence-corrected chi connectivity index (χ4v) is 5.51. The Labute approximate surface area is 200 Å². The summed E-state index contributed by atoms with van der Waals surface area (Å²) in [6, 6.07) is 15.6. The van der Waals surface area contributed by atoms with E-state index in [0.29, 0.717) is 11.3 Å². The molecule has 0 spiro atoms. The normalized spacial score (nSPS) is 22.2. The molecule has 2 saturated heterocycles. The Balaban J connectivity index is 1.29. The van der Waals surface area contributed by atoms with Gasteiger partial charge in [-0.05, 0) is 38.1 Å². The molecule has 0 saturated carbocycles. The number of carbonyl (C=O) groups excluding carboxylic acids is 4. The number of hydrogen-bond donors (Lipinski definition) is 1. The van der Waals surface area contributed by atoms with Crippen LogP contribution in [-0.4, -0.2) is 64.3 Å². The summed E-state index contributed by atoms with van der Waals surface area (Å²) in [6.07, 6.45) is 0. The van der Waals surface area contributed by atoms with Gasteiger partial charge in [-0.2, -0.15) is 0 Å². The van der Waals surface area contributed by atoms with Crippen LogP contribution in [0.3, 0.4) is 0 Å². The van der Waals surface area contributed by atoms with E-state index in [0.717, 1.165) is 0 Å². The van der Waals surface area contributed by atoms with Gasteiger partial charge in [0.05, 0.1) is 5.56 Å². The highest BCUT2D eigenvalue weighted by Gasteiger charge is 2.64. The molecule has 34 heavy (non-hydrogen) atoms. The van der Waals surface area contributed by atoms with Crippen molar-refractivity contribution < 1.29 is 33.4 Å². The fourth-order valence-electron chi connectivity index (χ4n) is 3.88. The number of nitrogens with one attached hydrogen (secondary N) is 1. The maximum absolute atomic E-state index is 12.8. The molecule has 4 rings (SSSR count). The standard InChI is InChI=1S/C24H24N2O7S/c1-24(2)19(23(30)33-14-32-22(29)15-9-5-3-6-10-15)26-20(28)18(21(26)34-24)25-17(27)13-31-16-11-7-4-8-12-16/h3-12,18-19,21H,13-14H2,1-2H3,(H,25,27)/t18-,19?,21-/m1/s1. The zero-order chi connectivity index (χ0) is 24.3. The van der Waals surface area contributed by atoms with Crippen LogP contribution >= 0.6 is 11.8 Å². The van der Waals surface area contributed by atoms with Crippen LogP contribution in [0.25, 0.3) is 0 Å². The molecule has 1 N–H and O–H groups in total. The number of thioether (sulfide) groups is 1. The third-order valence-electron chi connectivity index (χ3n) is 5.49. The number of amides is 2. The Morgan fingerprint density at radius 1 is 1.00 bits per heavy atom. The maximum Gasteiger partial charge on any atom is 0.340 e. The predicted molar refractivity (Wildman–Crippen MR) is 123 cm³/mol. The van der Waals surface area contributed by atoms with Crippen molar-refractivity contribution >= 4 is 35.5 Å². The van der Waals surface area contributed by atoms with Crippen molar-refractivity contribution in [2.45, 2.75) is 36.1 Å². The summed E-state index contributed by atoms with van der Waals surface area (Å²) in [6.45, 7) is 2.85. The number of nitrogens with zero attached hydrogens (tertiary/aromatic N) is 1. The van der Waals surface area contributed by atoms with Crippen molar-refractivity contribution in [2.75, 3.05) is 13.4 Å². The van der Waals surface area contributed by atoms with E-state index >= 15 is 0 Å². The zero-order valence-corrected chi connectivity index (χ0v) is 19.4.